The molecular weight excluding hydrogens is 162 g/mol. The van der Waals surface area contributed by atoms with E-state index >= 15 is 0 Å². The van der Waals surface area contributed by atoms with Crippen molar-refractivity contribution in [1.82, 2.24) is 4.90 Å². The van der Waals surface area contributed by atoms with E-state index in [0.717, 1.165) is 12.8 Å². The molecule has 2 heteroatoms. The summed E-state index contributed by atoms with van der Waals surface area (Å²) in [5.41, 5.74) is -0.162. The number of carbonyl (C=O) groups is 1. The molecule has 1 heterocycles. The first kappa shape index (κ1) is 10.7. The number of likely N-dealkylation sites (tertiary alicyclic amines) is 1. The Morgan fingerprint density at radius 2 is 1.69 bits per heavy atom. The third-order valence-electron chi connectivity index (χ3n) is 2.65. The van der Waals surface area contributed by atoms with Gasteiger partial charge in [0.15, 0.2) is 0 Å². The van der Waals surface area contributed by atoms with Crippen LogP contribution >= 0.6 is 0 Å². The lowest BCUT2D eigenvalue weighted by atomic mass is 9.95. The van der Waals surface area contributed by atoms with Gasteiger partial charge >= 0.3 is 0 Å². The van der Waals surface area contributed by atoms with Crippen LogP contribution in [0.4, 0.5) is 0 Å². The van der Waals surface area contributed by atoms with E-state index in [-0.39, 0.29) is 5.41 Å². The molecule has 0 aliphatic carbocycles. The highest BCUT2D eigenvalue weighted by Gasteiger charge is 2.21. The van der Waals surface area contributed by atoms with Gasteiger partial charge in [-0.15, -0.1) is 0 Å². The average molecular weight is 183 g/mol. The van der Waals surface area contributed by atoms with E-state index in [1.54, 1.807) is 0 Å². The number of carbonyl (C=O) groups excluding carboxylic acids is 1. The second-order valence-corrected chi connectivity index (χ2v) is 4.80. The van der Waals surface area contributed by atoms with Gasteiger partial charge in [-0.3, -0.25) is 0 Å². The molecule has 0 aromatic heterocycles. The van der Waals surface area contributed by atoms with Gasteiger partial charge in [0.1, 0.15) is 6.29 Å². The zero-order valence-corrected chi connectivity index (χ0v) is 8.88. The minimum Gasteiger partial charge on any atom is -0.303 e. The number of hydrogen-bond acceptors (Lipinski definition) is 2. The van der Waals surface area contributed by atoms with Crippen molar-refractivity contribution in [3.8, 4) is 0 Å². The zero-order valence-electron chi connectivity index (χ0n) is 8.88. The second kappa shape index (κ2) is 4.75. The normalized spacial score (nSPS) is 21.1. The van der Waals surface area contributed by atoms with E-state index in [0.29, 0.717) is 0 Å². The summed E-state index contributed by atoms with van der Waals surface area (Å²) in [6, 6.07) is 0. The Labute approximate surface area is 81.3 Å². The van der Waals surface area contributed by atoms with Gasteiger partial charge in [-0.25, -0.2) is 0 Å². The van der Waals surface area contributed by atoms with Crippen LogP contribution in [0, 0.1) is 5.41 Å². The maximum absolute atomic E-state index is 10.8. The lowest BCUT2D eigenvalue weighted by Crippen LogP contribution is -2.35. The molecule has 1 aliphatic rings. The predicted octanol–water partition coefficient (Wildman–Crippen LogP) is 2.09. The van der Waals surface area contributed by atoms with Crippen LogP contribution in [0.25, 0.3) is 0 Å². The summed E-state index contributed by atoms with van der Waals surface area (Å²) in [7, 11) is 0. The molecule has 1 rings (SSSR count). The largest absolute Gasteiger partial charge is 0.303 e. The fourth-order valence-electron chi connectivity index (χ4n) is 1.91. The van der Waals surface area contributed by atoms with Crippen LogP contribution in [0.15, 0.2) is 0 Å². The molecule has 0 aromatic rings. The smallest absolute Gasteiger partial charge is 0.126 e. The standard InChI is InChI=1S/C11H21NO/c1-11(2,10-13)9-12-7-5-3-4-6-8-12/h10H,3-9H2,1-2H3. The van der Waals surface area contributed by atoms with Crippen molar-refractivity contribution in [3.63, 3.8) is 0 Å². The summed E-state index contributed by atoms with van der Waals surface area (Å²) in [6.07, 6.45) is 6.40. The SMILES string of the molecule is CC(C)(C=O)CN1CCCCCC1. The van der Waals surface area contributed by atoms with E-state index < -0.39 is 0 Å². The van der Waals surface area contributed by atoms with Gasteiger partial charge in [-0.2, -0.15) is 0 Å². The molecule has 0 aromatic carbocycles. The minimum absolute atomic E-state index is 0.162. The first-order chi connectivity index (χ1) is 6.14. The lowest BCUT2D eigenvalue weighted by molar-refractivity contribution is -0.115. The molecule has 0 atom stereocenters. The Morgan fingerprint density at radius 1 is 1.15 bits per heavy atom. The molecule has 1 fully saturated rings. The Morgan fingerprint density at radius 3 is 2.15 bits per heavy atom. The fourth-order valence-corrected chi connectivity index (χ4v) is 1.91. The highest BCUT2D eigenvalue weighted by atomic mass is 16.1. The third kappa shape index (κ3) is 3.90. The van der Waals surface area contributed by atoms with Gasteiger partial charge in [-0.1, -0.05) is 26.7 Å². The molecule has 1 aliphatic heterocycles. The molecule has 0 spiro atoms. The second-order valence-electron chi connectivity index (χ2n) is 4.80. The van der Waals surface area contributed by atoms with Crippen molar-refractivity contribution < 1.29 is 4.79 Å². The van der Waals surface area contributed by atoms with Crippen molar-refractivity contribution in [2.75, 3.05) is 19.6 Å². The van der Waals surface area contributed by atoms with Crippen molar-refractivity contribution in [1.29, 1.82) is 0 Å². The monoisotopic (exact) mass is 183 g/mol. The van der Waals surface area contributed by atoms with E-state index in [1.807, 2.05) is 13.8 Å². The van der Waals surface area contributed by atoms with Crippen LogP contribution in [0.1, 0.15) is 39.5 Å². The molecule has 1 saturated heterocycles. The first-order valence-corrected chi connectivity index (χ1v) is 5.33. The summed E-state index contributed by atoms with van der Waals surface area (Å²) in [4.78, 5) is 13.2. The maximum atomic E-state index is 10.8. The Balaban J connectivity index is 2.37. The van der Waals surface area contributed by atoms with E-state index in [2.05, 4.69) is 4.90 Å². The maximum Gasteiger partial charge on any atom is 0.126 e. The Bertz CT molecular complexity index is 157. The van der Waals surface area contributed by atoms with Gasteiger partial charge < -0.3 is 9.69 Å². The molecule has 0 N–H and O–H groups in total. The number of nitrogens with zero attached hydrogens (tertiary/aromatic N) is 1. The highest BCUT2D eigenvalue weighted by molar-refractivity contribution is 5.58. The number of hydrogen-bond donors (Lipinski definition) is 0. The highest BCUT2D eigenvalue weighted by Crippen LogP contribution is 2.17. The first-order valence-electron chi connectivity index (χ1n) is 5.33. The van der Waals surface area contributed by atoms with Crippen molar-refractivity contribution in [3.05, 3.63) is 0 Å². The van der Waals surface area contributed by atoms with Gasteiger partial charge in [0, 0.05) is 12.0 Å². The van der Waals surface area contributed by atoms with Crippen molar-refractivity contribution in [2.45, 2.75) is 39.5 Å². The quantitative estimate of drug-likeness (QED) is 0.624. The molecule has 0 unspecified atom stereocenters. The van der Waals surface area contributed by atoms with Crippen LogP contribution < -0.4 is 0 Å². The van der Waals surface area contributed by atoms with Crippen LogP contribution in [0.5, 0.6) is 0 Å². The van der Waals surface area contributed by atoms with Crippen LogP contribution in [-0.4, -0.2) is 30.8 Å². The topological polar surface area (TPSA) is 20.3 Å². The third-order valence-corrected chi connectivity index (χ3v) is 2.65. The van der Waals surface area contributed by atoms with E-state index in [4.69, 9.17) is 0 Å². The van der Waals surface area contributed by atoms with Crippen LogP contribution in [0.3, 0.4) is 0 Å². The molecule has 2 nitrogen and oxygen atoms in total. The summed E-state index contributed by atoms with van der Waals surface area (Å²) < 4.78 is 0. The van der Waals surface area contributed by atoms with E-state index in [9.17, 15) is 4.79 Å². The minimum atomic E-state index is -0.162. The van der Waals surface area contributed by atoms with Gasteiger partial charge in [0.05, 0.1) is 0 Å². The molecule has 76 valence electrons. The van der Waals surface area contributed by atoms with Crippen molar-refractivity contribution >= 4 is 6.29 Å². The van der Waals surface area contributed by atoms with E-state index in [1.165, 1.54) is 38.8 Å². The number of aldehydes is 1. The van der Waals surface area contributed by atoms with Crippen LogP contribution in [-0.2, 0) is 4.79 Å². The molecule has 0 saturated carbocycles. The number of rotatable bonds is 3. The zero-order chi connectivity index (χ0) is 9.73. The average Bonchev–Trinajstić information content (AvgIpc) is 2.32. The van der Waals surface area contributed by atoms with Crippen molar-refractivity contribution in [2.24, 2.45) is 5.41 Å². The lowest BCUT2D eigenvalue weighted by Gasteiger charge is -2.27. The molecule has 13 heavy (non-hydrogen) atoms. The molecule has 0 amide bonds. The predicted molar refractivity (Wildman–Crippen MR) is 54.8 cm³/mol. The molecule has 0 bridgehead atoms. The molecule has 0 radical (unpaired) electrons. The van der Waals surface area contributed by atoms with Crippen LogP contribution in [0.2, 0.25) is 0 Å². The molecular formula is C11H21NO. The van der Waals surface area contributed by atoms with Gasteiger partial charge in [0.25, 0.3) is 0 Å². The Hall–Kier alpha value is -0.370. The summed E-state index contributed by atoms with van der Waals surface area (Å²) in [6.45, 7) is 7.32. The van der Waals surface area contributed by atoms with Gasteiger partial charge in [0.2, 0.25) is 0 Å². The summed E-state index contributed by atoms with van der Waals surface area (Å²) in [5, 5.41) is 0. The summed E-state index contributed by atoms with van der Waals surface area (Å²) in [5.74, 6) is 0. The fraction of sp³-hybridized carbons (Fsp3) is 0.909. The summed E-state index contributed by atoms with van der Waals surface area (Å²) >= 11 is 0. The Kier molecular flexibility index (Phi) is 3.91. The van der Waals surface area contributed by atoms with Gasteiger partial charge in [-0.05, 0) is 25.9 Å².